The fourth-order valence-electron chi connectivity index (χ4n) is 2.94. The van der Waals surface area contributed by atoms with E-state index in [9.17, 15) is 0 Å². The van der Waals surface area contributed by atoms with Crippen LogP contribution in [0.15, 0.2) is 29.8 Å². The standard InChI is InChI=1S/C17H21N3O2S/c1-21-15-7-12(13(19)8-16(15)22-2)14(9-18)20-5-3-17-11(10-20)4-6-23-17/h4,6-9H,3,5,10,18-19H2,1-2H3/b14-9+. The van der Waals surface area contributed by atoms with Crippen LogP contribution in [0.4, 0.5) is 5.69 Å². The summed E-state index contributed by atoms with van der Waals surface area (Å²) in [6, 6.07) is 5.84. The molecule has 1 aliphatic rings. The first-order chi connectivity index (χ1) is 11.2. The summed E-state index contributed by atoms with van der Waals surface area (Å²) < 4.78 is 10.7. The lowest BCUT2D eigenvalue weighted by molar-refractivity contribution is 0.354. The number of hydrogen-bond donors (Lipinski definition) is 2. The van der Waals surface area contributed by atoms with E-state index < -0.39 is 0 Å². The molecule has 0 fully saturated rings. The van der Waals surface area contributed by atoms with E-state index in [0.29, 0.717) is 17.2 Å². The number of nitrogen functional groups attached to an aromatic ring is 1. The summed E-state index contributed by atoms with van der Waals surface area (Å²) in [4.78, 5) is 3.71. The molecule has 1 aromatic carbocycles. The molecule has 1 aromatic heterocycles. The minimum absolute atomic E-state index is 0.615. The van der Waals surface area contributed by atoms with E-state index >= 15 is 0 Å². The van der Waals surface area contributed by atoms with Crippen molar-refractivity contribution in [2.24, 2.45) is 5.73 Å². The van der Waals surface area contributed by atoms with E-state index in [4.69, 9.17) is 20.9 Å². The van der Waals surface area contributed by atoms with Gasteiger partial charge in [-0.3, -0.25) is 0 Å². The number of nitrogens with two attached hydrogens (primary N) is 2. The number of nitrogens with zero attached hydrogens (tertiary/aromatic N) is 1. The first-order valence-electron chi connectivity index (χ1n) is 7.42. The molecule has 3 rings (SSSR count). The Labute approximate surface area is 140 Å². The van der Waals surface area contributed by atoms with Crippen LogP contribution in [-0.2, 0) is 13.0 Å². The summed E-state index contributed by atoms with van der Waals surface area (Å²) in [6.07, 6.45) is 2.65. The molecule has 0 amide bonds. The molecule has 0 radical (unpaired) electrons. The van der Waals surface area contributed by atoms with Gasteiger partial charge in [0.25, 0.3) is 0 Å². The summed E-state index contributed by atoms with van der Waals surface area (Å²) >= 11 is 1.82. The Morgan fingerprint density at radius 3 is 2.70 bits per heavy atom. The number of benzene rings is 1. The number of ether oxygens (including phenoxy) is 2. The molecular formula is C17H21N3O2S. The van der Waals surface area contributed by atoms with E-state index in [1.165, 1.54) is 10.4 Å². The van der Waals surface area contributed by atoms with Crippen molar-refractivity contribution < 1.29 is 9.47 Å². The molecule has 4 N–H and O–H groups in total. The van der Waals surface area contributed by atoms with E-state index in [1.807, 2.05) is 17.4 Å². The Kier molecular flexibility index (Phi) is 4.34. The summed E-state index contributed by atoms with van der Waals surface area (Å²) in [5.41, 5.74) is 15.9. The highest BCUT2D eigenvalue weighted by molar-refractivity contribution is 7.10. The molecule has 122 valence electrons. The first kappa shape index (κ1) is 15.6. The molecule has 0 saturated carbocycles. The van der Waals surface area contributed by atoms with Gasteiger partial charge in [0.1, 0.15) is 0 Å². The molecule has 23 heavy (non-hydrogen) atoms. The topological polar surface area (TPSA) is 73.7 Å². The smallest absolute Gasteiger partial charge is 0.162 e. The van der Waals surface area contributed by atoms with Crippen LogP contribution in [-0.4, -0.2) is 25.7 Å². The van der Waals surface area contributed by atoms with Gasteiger partial charge in [0.05, 0.1) is 19.9 Å². The third kappa shape index (κ3) is 2.82. The van der Waals surface area contributed by atoms with E-state index in [0.717, 1.165) is 30.8 Å². The van der Waals surface area contributed by atoms with Crippen molar-refractivity contribution in [1.82, 2.24) is 4.90 Å². The quantitative estimate of drug-likeness (QED) is 0.843. The largest absolute Gasteiger partial charge is 0.493 e. The molecule has 6 heteroatoms. The molecule has 0 bridgehead atoms. The number of methoxy groups -OCH3 is 2. The van der Waals surface area contributed by atoms with Gasteiger partial charge in [-0.15, -0.1) is 11.3 Å². The van der Waals surface area contributed by atoms with Crippen molar-refractivity contribution in [3.8, 4) is 11.5 Å². The molecule has 2 aromatic rings. The van der Waals surface area contributed by atoms with Crippen LogP contribution in [0.5, 0.6) is 11.5 Å². The molecule has 0 atom stereocenters. The molecule has 1 aliphatic heterocycles. The predicted molar refractivity (Wildman–Crippen MR) is 94.6 cm³/mol. The van der Waals surface area contributed by atoms with Crippen molar-refractivity contribution in [3.63, 3.8) is 0 Å². The van der Waals surface area contributed by atoms with Crippen LogP contribution < -0.4 is 20.9 Å². The van der Waals surface area contributed by atoms with Crippen molar-refractivity contribution in [2.45, 2.75) is 13.0 Å². The van der Waals surface area contributed by atoms with Gasteiger partial charge in [-0.05, 0) is 29.5 Å². The maximum absolute atomic E-state index is 6.22. The van der Waals surface area contributed by atoms with Crippen molar-refractivity contribution in [3.05, 3.63) is 45.8 Å². The molecule has 0 unspecified atom stereocenters. The fraction of sp³-hybridized carbons (Fsp3) is 0.294. The van der Waals surface area contributed by atoms with Crippen LogP contribution in [0.1, 0.15) is 16.0 Å². The van der Waals surface area contributed by atoms with Gasteiger partial charge < -0.3 is 25.8 Å². The van der Waals surface area contributed by atoms with E-state index in [-0.39, 0.29) is 0 Å². The van der Waals surface area contributed by atoms with E-state index in [1.54, 1.807) is 26.5 Å². The van der Waals surface area contributed by atoms with Gasteiger partial charge in [0.15, 0.2) is 11.5 Å². The van der Waals surface area contributed by atoms with Crippen LogP contribution in [0, 0.1) is 0 Å². The van der Waals surface area contributed by atoms with Crippen LogP contribution >= 0.6 is 11.3 Å². The summed E-state index contributed by atoms with van der Waals surface area (Å²) in [7, 11) is 3.21. The summed E-state index contributed by atoms with van der Waals surface area (Å²) in [5.74, 6) is 1.26. The Morgan fingerprint density at radius 1 is 1.26 bits per heavy atom. The maximum atomic E-state index is 6.22. The fourth-order valence-corrected chi connectivity index (χ4v) is 3.83. The third-order valence-electron chi connectivity index (χ3n) is 4.14. The van der Waals surface area contributed by atoms with Gasteiger partial charge in [-0.1, -0.05) is 0 Å². The highest BCUT2D eigenvalue weighted by Crippen LogP contribution is 2.37. The normalized spacial score (nSPS) is 14.5. The SMILES string of the molecule is COc1cc(N)c(/C(=C\N)N2CCc3sccc3C2)cc1OC. The van der Waals surface area contributed by atoms with Crippen LogP contribution in [0.25, 0.3) is 5.70 Å². The number of fused-ring (bicyclic) bond motifs is 1. The molecule has 5 nitrogen and oxygen atoms in total. The first-order valence-corrected chi connectivity index (χ1v) is 8.29. The Balaban J connectivity index is 1.96. The summed E-state index contributed by atoms with van der Waals surface area (Å²) in [5, 5.41) is 2.14. The molecular weight excluding hydrogens is 310 g/mol. The van der Waals surface area contributed by atoms with E-state index in [2.05, 4.69) is 16.3 Å². The van der Waals surface area contributed by atoms with Crippen molar-refractivity contribution in [1.29, 1.82) is 0 Å². The molecule has 2 heterocycles. The second-order valence-electron chi connectivity index (χ2n) is 5.39. The zero-order valence-corrected chi connectivity index (χ0v) is 14.2. The number of hydrogen-bond acceptors (Lipinski definition) is 6. The number of thiophene rings is 1. The van der Waals surface area contributed by atoms with Gasteiger partial charge >= 0.3 is 0 Å². The van der Waals surface area contributed by atoms with Crippen molar-refractivity contribution >= 4 is 22.7 Å². The highest BCUT2D eigenvalue weighted by atomic mass is 32.1. The molecule has 0 spiro atoms. The summed E-state index contributed by atoms with van der Waals surface area (Å²) in [6.45, 7) is 1.76. The third-order valence-corrected chi connectivity index (χ3v) is 5.16. The second kappa shape index (κ2) is 6.42. The van der Waals surface area contributed by atoms with Crippen molar-refractivity contribution in [2.75, 3.05) is 26.5 Å². The average molecular weight is 331 g/mol. The molecule has 0 saturated heterocycles. The van der Waals surface area contributed by atoms with Gasteiger partial charge in [0, 0.05) is 41.5 Å². The van der Waals surface area contributed by atoms with Gasteiger partial charge in [0.2, 0.25) is 0 Å². The average Bonchev–Trinajstić information content (AvgIpc) is 3.04. The molecule has 0 aliphatic carbocycles. The highest BCUT2D eigenvalue weighted by Gasteiger charge is 2.22. The lowest BCUT2D eigenvalue weighted by Gasteiger charge is -2.31. The van der Waals surface area contributed by atoms with Crippen LogP contribution in [0.2, 0.25) is 0 Å². The van der Waals surface area contributed by atoms with Gasteiger partial charge in [-0.25, -0.2) is 0 Å². The Morgan fingerprint density at radius 2 is 2.00 bits per heavy atom. The zero-order chi connectivity index (χ0) is 16.4. The predicted octanol–water partition coefficient (Wildman–Crippen LogP) is 2.66. The Bertz CT molecular complexity index is 739. The zero-order valence-electron chi connectivity index (χ0n) is 13.3. The minimum Gasteiger partial charge on any atom is -0.493 e. The monoisotopic (exact) mass is 331 g/mol. The Hall–Kier alpha value is -2.34. The van der Waals surface area contributed by atoms with Gasteiger partial charge in [-0.2, -0.15) is 0 Å². The minimum atomic E-state index is 0.615. The second-order valence-corrected chi connectivity index (χ2v) is 6.39. The lowest BCUT2D eigenvalue weighted by Crippen LogP contribution is -2.29. The number of rotatable bonds is 4. The maximum Gasteiger partial charge on any atom is 0.162 e. The van der Waals surface area contributed by atoms with Crippen LogP contribution in [0.3, 0.4) is 0 Å². The number of anilines is 1. The lowest BCUT2D eigenvalue weighted by atomic mass is 10.0.